The number of aryl methyl sites for hydroxylation is 1. The van der Waals surface area contributed by atoms with Gasteiger partial charge in [0.05, 0.1) is 7.11 Å². The molecule has 1 unspecified atom stereocenters. The van der Waals surface area contributed by atoms with Crippen LogP contribution in [0.1, 0.15) is 25.2 Å². The molecule has 4 heteroatoms. The van der Waals surface area contributed by atoms with Gasteiger partial charge in [-0.25, -0.2) is 4.98 Å². The number of piperidine rings is 1. The Morgan fingerprint density at radius 3 is 3.21 bits per heavy atom. The van der Waals surface area contributed by atoms with Crippen molar-refractivity contribution in [3.05, 3.63) is 24.1 Å². The molecule has 1 atom stereocenters. The zero-order chi connectivity index (χ0) is 13.1. The molecule has 1 aliphatic rings. The second-order valence-electron chi connectivity index (χ2n) is 5.17. The van der Waals surface area contributed by atoms with Gasteiger partial charge in [0.2, 0.25) is 0 Å². The topological polar surface area (TPSA) is 47.3 Å². The summed E-state index contributed by atoms with van der Waals surface area (Å²) < 4.78 is 11.1. The molecule has 0 aliphatic carbocycles. The Morgan fingerprint density at radius 1 is 1.47 bits per heavy atom. The van der Waals surface area contributed by atoms with Crippen LogP contribution in [0, 0.1) is 5.92 Å². The summed E-state index contributed by atoms with van der Waals surface area (Å²) in [6, 6.07) is 5.79. The Morgan fingerprint density at radius 2 is 2.42 bits per heavy atom. The Labute approximate surface area is 113 Å². The van der Waals surface area contributed by atoms with Gasteiger partial charge in [0.25, 0.3) is 0 Å². The van der Waals surface area contributed by atoms with Crippen LogP contribution in [0.25, 0.3) is 11.1 Å². The van der Waals surface area contributed by atoms with Crippen LogP contribution < -0.4 is 10.1 Å². The van der Waals surface area contributed by atoms with E-state index < -0.39 is 0 Å². The number of benzene rings is 1. The number of methoxy groups -OCH3 is 1. The molecule has 4 nitrogen and oxygen atoms in total. The number of ether oxygens (including phenoxy) is 1. The second-order valence-corrected chi connectivity index (χ2v) is 5.17. The molecule has 1 saturated heterocycles. The number of oxazole rings is 1. The third kappa shape index (κ3) is 2.73. The third-order valence-electron chi connectivity index (χ3n) is 3.81. The first-order valence-electron chi connectivity index (χ1n) is 7.00. The van der Waals surface area contributed by atoms with E-state index in [0.29, 0.717) is 0 Å². The molecule has 19 heavy (non-hydrogen) atoms. The van der Waals surface area contributed by atoms with Gasteiger partial charge in [-0.05, 0) is 50.4 Å². The maximum absolute atomic E-state index is 5.79. The molecule has 1 aromatic carbocycles. The lowest BCUT2D eigenvalue weighted by molar-refractivity contribution is 0.347. The standard InChI is InChI=1S/C15H20N2O2/c1-18-12-5-2-6-13-15(12)17-14(19-13)8-7-11-4-3-9-16-10-11/h2,5-6,11,16H,3-4,7-10H2,1H3. The molecule has 2 heterocycles. The minimum absolute atomic E-state index is 0.755. The van der Waals surface area contributed by atoms with E-state index in [1.54, 1.807) is 7.11 Å². The molecule has 1 aromatic heterocycles. The van der Waals surface area contributed by atoms with Crippen LogP contribution in [0.3, 0.4) is 0 Å². The average Bonchev–Trinajstić information content (AvgIpc) is 2.89. The van der Waals surface area contributed by atoms with Crippen molar-refractivity contribution in [2.45, 2.75) is 25.7 Å². The number of rotatable bonds is 4. The summed E-state index contributed by atoms with van der Waals surface area (Å²) >= 11 is 0. The molecule has 0 radical (unpaired) electrons. The van der Waals surface area contributed by atoms with Crippen molar-refractivity contribution in [3.8, 4) is 5.75 Å². The fraction of sp³-hybridized carbons (Fsp3) is 0.533. The van der Waals surface area contributed by atoms with Crippen LogP contribution in [-0.4, -0.2) is 25.2 Å². The maximum Gasteiger partial charge on any atom is 0.195 e. The average molecular weight is 260 g/mol. The van der Waals surface area contributed by atoms with E-state index in [1.807, 2.05) is 18.2 Å². The molecule has 3 rings (SSSR count). The third-order valence-corrected chi connectivity index (χ3v) is 3.81. The van der Waals surface area contributed by atoms with Crippen LogP contribution in [0.5, 0.6) is 5.75 Å². The molecule has 0 spiro atoms. The summed E-state index contributed by atoms with van der Waals surface area (Å²) in [6.45, 7) is 2.29. The second kappa shape index (κ2) is 5.61. The summed E-state index contributed by atoms with van der Waals surface area (Å²) in [6.07, 6.45) is 4.65. The molecule has 0 amide bonds. The maximum atomic E-state index is 5.79. The van der Waals surface area contributed by atoms with Crippen molar-refractivity contribution in [1.82, 2.24) is 10.3 Å². The molecule has 0 saturated carbocycles. The summed E-state index contributed by atoms with van der Waals surface area (Å²) in [5.41, 5.74) is 1.65. The highest BCUT2D eigenvalue weighted by Crippen LogP contribution is 2.26. The van der Waals surface area contributed by atoms with Crippen molar-refractivity contribution >= 4 is 11.1 Å². The lowest BCUT2D eigenvalue weighted by Crippen LogP contribution is -2.29. The highest BCUT2D eigenvalue weighted by atomic mass is 16.5. The fourth-order valence-corrected chi connectivity index (χ4v) is 2.74. The van der Waals surface area contributed by atoms with Gasteiger partial charge in [-0.15, -0.1) is 0 Å². The molecule has 1 fully saturated rings. The predicted octanol–water partition coefficient (Wildman–Crippen LogP) is 2.77. The zero-order valence-electron chi connectivity index (χ0n) is 11.3. The molecule has 102 valence electrons. The van der Waals surface area contributed by atoms with E-state index in [1.165, 1.54) is 12.8 Å². The summed E-state index contributed by atoms with van der Waals surface area (Å²) in [4.78, 5) is 4.56. The lowest BCUT2D eigenvalue weighted by Gasteiger charge is -2.21. The van der Waals surface area contributed by atoms with E-state index in [0.717, 1.165) is 54.6 Å². The van der Waals surface area contributed by atoms with Crippen molar-refractivity contribution in [1.29, 1.82) is 0 Å². The normalized spacial score (nSPS) is 19.7. The first-order chi connectivity index (χ1) is 9.36. The summed E-state index contributed by atoms with van der Waals surface area (Å²) in [5, 5.41) is 3.44. The van der Waals surface area contributed by atoms with E-state index in [4.69, 9.17) is 9.15 Å². The van der Waals surface area contributed by atoms with Crippen LogP contribution in [0.4, 0.5) is 0 Å². The molecular formula is C15H20N2O2. The number of para-hydroxylation sites is 1. The van der Waals surface area contributed by atoms with Gasteiger partial charge in [-0.3, -0.25) is 0 Å². The minimum atomic E-state index is 0.755. The predicted molar refractivity (Wildman–Crippen MR) is 74.5 cm³/mol. The number of nitrogens with zero attached hydrogens (tertiary/aromatic N) is 1. The SMILES string of the molecule is COc1cccc2oc(CCC3CCCNC3)nc12. The molecule has 2 aromatic rings. The van der Waals surface area contributed by atoms with Crippen molar-refractivity contribution in [3.63, 3.8) is 0 Å². The van der Waals surface area contributed by atoms with Gasteiger partial charge in [0, 0.05) is 6.42 Å². The van der Waals surface area contributed by atoms with Crippen molar-refractivity contribution in [2.24, 2.45) is 5.92 Å². The molecule has 1 N–H and O–H groups in total. The highest BCUT2D eigenvalue weighted by molar-refractivity contribution is 5.79. The minimum Gasteiger partial charge on any atom is -0.494 e. The van der Waals surface area contributed by atoms with Gasteiger partial charge in [-0.1, -0.05) is 6.07 Å². The first-order valence-corrected chi connectivity index (χ1v) is 7.00. The summed E-state index contributed by atoms with van der Waals surface area (Å²) in [5.74, 6) is 2.36. The number of hydrogen-bond donors (Lipinski definition) is 1. The summed E-state index contributed by atoms with van der Waals surface area (Å²) in [7, 11) is 1.66. The molecule has 0 bridgehead atoms. The van der Waals surface area contributed by atoms with E-state index in [-0.39, 0.29) is 0 Å². The number of hydrogen-bond acceptors (Lipinski definition) is 4. The molecular weight excluding hydrogens is 240 g/mol. The smallest absolute Gasteiger partial charge is 0.195 e. The van der Waals surface area contributed by atoms with Crippen molar-refractivity contribution in [2.75, 3.05) is 20.2 Å². The zero-order valence-corrected chi connectivity index (χ0v) is 11.3. The Bertz CT molecular complexity index is 544. The number of nitrogens with one attached hydrogen (secondary N) is 1. The Kier molecular flexibility index (Phi) is 3.69. The van der Waals surface area contributed by atoms with Gasteiger partial charge >= 0.3 is 0 Å². The quantitative estimate of drug-likeness (QED) is 0.918. The first kappa shape index (κ1) is 12.5. The Hall–Kier alpha value is -1.55. The van der Waals surface area contributed by atoms with Gasteiger partial charge in [-0.2, -0.15) is 0 Å². The largest absolute Gasteiger partial charge is 0.494 e. The Balaban J connectivity index is 1.70. The molecule has 1 aliphatic heterocycles. The van der Waals surface area contributed by atoms with Gasteiger partial charge in [0.1, 0.15) is 5.75 Å². The van der Waals surface area contributed by atoms with E-state index >= 15 is 0 Å². The van der Waals surface area contributed by atoms with E-state index in [2.05, 4.69) is 10.3 Å². The van der Waals surface area contributed by atoms with Gasteiger partial charge in [0.15, 0.2) is 17.0 Å². The fourth-order valence-electron chi connectivity index (χ4n) is 2.74. The highest BCUT2D eigenvalue weighted by Gasteiger charge is 2.15. The van der Waals surface area contributed by atoms with Crippen LogP contribution >= 0.6 is 0 Å². The van der Waals surface area contributed by atoms with Crippen molar-refractivity contribution < 1.29 is 9.15 Å². The van der Waals surface area contributed by atoms with Crippen LogP contribution in [0.2, 0.25) is 0 Å². The number of aromatic nitrogens is 1. The van der Waals surface area contributed by atoms with Crippen LogP contribution in [-0.2, 0) is 6.42 Å². The van der Waals surface area contributed by atoms with E-state index in [9.17, 15) is 0 Å². The van der Waals surface area contributed by atoms with Crippen LogP contribution in [0.15, 0.2) is 22.6 Å². The van der Waals surface area contributed by atoms with Gasteiger partial charge < -0.3 is 14.5 Å². The number of fused-ring (bicyclic) bond motifs is 1. The lowest BCUT2D eigenvalue weighted by atomic mass is 9.95. The monoisotopic (exact) mass is 260 g/mol.